The first-order valence-electron chi connectivity index (χ1n) is 5.58. The molecule has 7 nitrogen and oxygen atoms in total. The number of carbonyl (C=O) groups is 2. The first kappa shape index (κ1) is 14.6. The maximum absolute atomic E-state index is 11.7. The fourth-order valence-electron chi connectivity index (χ4n) is 1.46. The zero-order valence-electron chi connectivity index (χ0n) is 10.9. The van der Waals surface area contributed by atoms with Crippen LogP contribution in [0.25, 0.3) is 0 Å². The molecule has 1 aromatic carbocycles. The molecule has 0 aliphatic heterocycles. The summed E-state index contributed by atoms with van der Waals surface area (Å²) in [6.07, 6.45) is 0. The number of carbonyl (C=O) groups excluding carboxylic acids is 2. The minimum absolute atomic E-state index is 0.116. The van der Waals surface area contributed by atoms with Crippen LogP contribution in [0, 0.1) is 10.1 Å². The highest BCUT2D eigenvalue weighted by Crippen LogP contribution is 2.26. The quantitative estimate of drug-likeness (QED) is 0.470. The molecular weight excluding hydrogens is 252 g/mol. The molecule has 1 amide bonds. The summed E-state index contributed by atoms with van der Waals surface area (Å²) in [5.41, 5.74) is 0.0708. The molecule has 102 valence electrons. The number of non-ortho nitro benzene ring substituents is 1. The summed E-state index contributed by atoms with van der Waals surface area (Å²) in [5, 5.41) is 10.7. The van der Waals surface area contributed by atoms with Crippen LogP contribution in [-0.4, -0.2) is 30.5 Å². The Morgan fingerprint density at radius 3 is 2.53 bits per heavy atom. The van der Waals surface area contributed by atoms with Crippen molar-refractivity contribution in [1.29, 1.82) is 0 Å². The number of esters is 1. The Bertz CT molecular complexity index is 527. The van der Waals surface area contributed by atoms with Crippen LogP contribution in [0.15, 0.2) is 18.2 Å². The molecule has 0 bridgehead atoms. The third-order valence-corrected chi connectivity index (χ3v) is 2.52. The molecule has 7 heteroatoms. The fourth-order valence-corrected chi connectivity index (χ4v) is 1.46. The molecule has 0 heterocycles. The van der Waals surface area contributed by atoms with E-state index >= 15 is 0 Å². The Hall–Kier alpha value is -2.44. The van der Waals surface area contributed by atoms with Gasteiger partial charge in [0.15, 0.2) is 0 Å². The average molecular weight is 266 g/mol. The smallest absolute Gasteiger partial charge is 0.340 e. The first-order chi connectivity index (χ1) is 8.88. The van der Waals surface area contributed by atoms with E-state index in [4.69, 9.17) is 4.74 Å². The number of hydrogen-bond acceptors (Lipinski definition) is 5. The van der Waals surface area contributed by atoms with Gasteiger partial charge in [0.25, 0.3) is 5.69 Å². The minimum atomic E-state index is -0.625. The molecule has 0 N–H and O–H groups in total. The average Bonchev–Trinajstić information content (AvgIpc) is 2.37. The number of ether oxygens (including phenoxy) is 1. The number of nitro groups is 1. The van der Waals surface area contributed by atoms with E-state index in [1.807, 2.05) is 0 Å². The van der Waals surface area contributed by atoms with Gasteiger partial charge >= 0.3 is 5.97 Å². The van der Waals surface area contributed by atoms with E-state index in [9.17, 15) is 19.7 Å². The molecule has 0 spiro atoms. The summed E-state index contributed by atoms with van der Waals surface area (Å²) >= 11 is 0. The number of amides is 1. The number of benzene rings is 1. The zero-order valence-corrected chi connectivity index (χ0v) is 10.9. The molecule has 0 fully saturated rings. The first-order valence-corrected chi connectivity index (χ1v) is 5.58. The zero-order chi connectivity index (χ0) is 14.6. The monoisotopic (exact) mass is 266 g/mol. The predicted molar refractivity (Wildman–Crippen MR) is 68.1 cm³/mol. The second-order valence-electron chi connectivity index (χ2n) is 3.76. The minimum Gasteiger partial charge on any atom is -0.462 e. The van der Waals surface area contributed by atoms with Gasteiger partial charge in [-0.3, -0.25) is 14.9 Å². The van der Waals surface area contributed by atoms with E-state index in [1.54, 1.807) is 6.92 Å². The van der Waals surface area contributed by atoms with E-state index < -0.39 is 10.9 Å². The van der Waals surface area contributed by atoms with Gasteiger partial charge in [-0.1, -0.05) is 0 Å². The van der Waals surface area contributed by atoms with E-state index in [0.29, 0.717) is 0 Å². The number of rotatable bonds is 4. The van der Waals surface area contributed by atoms with Crippen molar-refractivity contribution in [2.75, 3.05) is 18.6 Å². The highest BCUT2D eigenvalue weighted by molar-refractivity contribution is 6.02. The summed E-state index contributed by atoms with van der Waals surface area (Å²) in [6, 6.07) is 3.66. The number of nitro benzene ring substituents is 1. The van der Waals surface area contributed by atoms with Crippen LogP contribution < -0.4 is 4.90 Å². The van der Waals surface area contributed by atoms with Crippen molar-refractivity contribution >= 4 is 23.3 Å². The molecule has 0 saturated carbocycles. The Kier molecular flexibility index (Phi) is 4.57. The van der Waals surface area contributed by atoms with Gasteiger partial charge in [0.2, 0.25) is 5.91 Å². The molecule has 0 aliphatic carbocycles. The van der Waals surface area contributed by atoms with Gasteiger partial charge in [-0.25, -0.2) is 4.79 Å². The summed E-state index contributed by atoms with van der Waals surface area (Å²) in [7, 11) is 1.43. The summed E-state index contributed by atoms with van der Waals surface area (Å²) in [6.45, 7) is 3.13. The van der Waals surface area contributed by atoms with E-state index in [-0.39, 0.29) is 29.5 Å². The second kappa shape index (κ2) is 5.94. The Balaban J connectivity index is 3.34. The Morgan fingerprint density at radius 2 is 2.05 bits per heavy atom. The van der Waals surface area contributed by atoms with Crippen LogP contribution in [-0.2, 0) is 9.53 Å². The van der Waals surface area contributed by atoms with Crippen molar-refractivity contribution in [3.8, 4) is 0 Å². The highest BCUT2D eigenvalue weighted by Gasteiger charge is 2.21. The lowest BCUT2D eigenvalue weighted by atomic mass is 10.1. The van der Waals surface area contributed by atoms with E-state index in [0.717, 1.165) is 0 Å². The third-order valence-electron chi connectivity index (χ3n) is 2.52. The van der Waals surface area contributed by atoms with Crippen molar-refractivity contribution in [3.63, 3.8) is 0 Å². The van der Waals surface area contributed by atoms with Gasteiger partial charge in [-0.15, -0.1) is 0 Å². The van der Waals surface area contributed by atoms with Crippen molar-refractivity contribution in [2.24, 2.45) is 0 Å². The molecule has 0 atom stereocenters. The highest BCUT2D eigenvalue weighted by atomic mass is 16.6. The van der Waals surface area contributed by atoms with Crippen molar-refractivity contribution < 1.29 is 19.2 Å². The maximum Gasteiger partial charge on any atom is 0.340 e. The largest absolute Gasteiger partial charge is 0.462 e. The Morgan fingerprint density at radius 1 is 1.42 bits per heavy atom. The topological polar surface area (TPSA) is 89.8 Å². The van der Waals surface area contributed by atoms with Crippen molar-refractivity contribution in [1.82, 2.24) is 0 Å². The third kappa shape index (κ3) is 3.27. The van der Waals surface area contributed by atoms with E-state index in [1.165, 1.54) is 37.1 Å². The second-order valence-corrected chi connectivity index (χ2v) is 3.76. The van der Waals surface area contributed by atoms with Gasteiger partial charge in [0, 0.05) is 26.1 Å². The van der Waals surface area contributed by atoms with Gasteiger partial charge in [0.05, 0.1) is 22.8 Å². The molecule has 1 aromatic rings. The lowest BCUT2D eigenvalue weighted by Gasteiger charge is -2.18. The fraction of sp³-hybridized carbons (Fsp3) is 0.333. The summed E-state index contributed by atoms with van der Waals surface area (Å²) in [5.74, 6) is -0.966. The molecule has 0 unspecified atom stereocenters. The van der Waals surface area contributed by atoms with Gasteiger partial charge in [-0.2, -0.15) is 0 Å². The number of hydrogen-bond donors (Lipinski definition) is 0. The SMILES string of the molecule is CCOC(=O)c1ccc([N+](=O)[O-])cc1N(C)C(C)=O. The molecule has 1 rings (SSSR count). The van der Waals surface area contributed by atoms with Crippen molar-refractivity contribution in [2.45, 2.75) is 13.8 Å². The molecule has 0 saturated heterocycles. The lowest BCUT2D eigenvalue weighted by molar-refractivity contribution is -0.384. The predicted octanol–water partition coefficient (Wildman–Crippen LogP) is 1.75. The lowest BCUT2D eigenvalue weighted by Crippen LogP contribution is -2.25. The normalized spacial score (nSPS) is 9.84. The summed E-state index contributed by atoms with van der Waals surface area (Å²) < 4.78 is 4.85. The molecule has 19 heavy (non-hydrogen) atoms. The van der Waals surface area contributed by atoms with Crippen LogP contribution in [0.2, 0.25) is 0 Å². The van der Waals surface area contributed by atoms with Crippen molar-refractivity contribution in [3.05, 3.63) is 33.9 Å². The number of nitrogens with zero attached hydrogens (tertiary/aromatic N) is 2. The van der Waals surface area contributed by atoms with Crippen LogP contribution in [0.3, 0.4) is 0 Å². The van der Waals surface area contributed by atoms with E-state index in [2.05, 4.69) is 0 Å². The standard InChI is InChI=1S/C12H14N2O5/c1-4-19-12(16)10-6-5-9(14(17)18)7-11(10)13(3)8(2)15/h5-7H,4H2,1-3H3. The molecule has 0 aliphatic rings. The summed E-state index contributed by atoms with van der Waals surface area (Å²) in [4.78, 5) is 34.4. The van der Waals surface area contributed by atoms with Crippen LogP contribution in [0.4, 0.5) is 11.4 Å². The van der Waals surface area contributed by atoms with Crippen LogP contribution in [0.5, 0.6) is 0 Å². The number of anilines is 1. The maximum atomic E-state index is 11.7. The van der Waals surface area contributed by atoms with Gasteiger partial charge < -0.3 is 9.64 Å². The molecule has 0 radical (unpaired) electrons. The molecular formula is C12H14N2O5. The Labute approximate surface area is 109 Å². The van der Waals surface area contributed by atoms with Gasteiger partial charge in [0.1, 0.15) is 0 Å². The van der Waals surface area contributed by atoms with Crippen LogP contribution in [0.1, 0.15) is 24.2 Å². The molecule has 0 aromatic heterocycles. The van der Waals surface area contributed by atoms with Gasteiger partial charge in [-0.05, 0) is 13.0 Å². The van der Waals surface area contributed by atoms with Crippen LogP contribution >= 0.6 is 0 Å².